The van der Waals surface area contributed by atoms with Crippen molar-refractivity contribution in [2.24, 2.45) is 0 Å². The topological polar surface area (TPSA) is 103 Å². The van der Waals surface area contributed by atoms with E-state index in [1.165, 1.54) is 6.92 Å². The van der Waals surface area contributed by atoms with Crippen LogP contribution in [0.4, 0.5) is 11.6 Å². The molecule has 0 radical (unpaired) electrons. The van der Waals surface area contributed by atoms with Gasteiger partial charge in [0, 0.05) is 69.0 Å². The van der Waals surface area contributed by atoms with Gasteiger partial charge in [-0.15, -0.1) is 0 Å². The van der Waals surface area contributed by atoms with Crippen molar-refractivity contribution < 1.29 is 9.59 Å². The zero-order valence-corrected chi connectivity index (χ0v) is 19.6. The minimum Gasteiger partial charge on any atom is -0.368 e. The monoisotopic (exact) mass is 479 g/mol. The number of nitrogens with one attached hydrogen (secondary N) is 2. The fraction of sp³-hybridized carbons (Fsp3) is 0.292. The van der Waals surface area contributed by atoms with Gasteiger partial charge in [0.05, 0.1) is 0 Å². The van der Waals surface area contributed by atoms with Crippen LogP contribution < -0.4 is 15.5 Å². The van der Waals surface area contributed by atoms with Gasteiger partial charge in [0.1, 0.15) is 17.3 Å². The second-order valence-electron chi connectivity index (χ2n) is 7.85. The van der Waals surface area contributed by atoms with Crippen molar-refractivity contribution in [3.63, 3.8) is 0 Å². The quantitative estimate of drug-likeness (QED) is 0.502. The van der Waals surface area contributed by atoms with Crippen molar-refractivity contribution in [2.45, 2.75) is 6.92 Å². The summed E-state index contributed by atoms with van der Waals surface area (Å²) >= 11 is 6.04. The molecule has 1 aliphatic rings. The largest absolute Gasteiger partial charge is 0.368 e. The average Bonchev–Trinajstić information content (AvgIpc) is 2.87. The van der Waals surface area contributed by atoms with Crippen LogP contribution in [0, 0.1) is 0 Å². The highest BCUT2D eigenvalue weighted by molar-refractivity contribution is 6.30. The maximum absolute atomic E-state index is 12.7. The Labute approximate surface area is 203 Å². The highest BCUT2D eigenvalue weighted by atomic mass is 35.5. The lowest BCUT2D eigenvalue weighted by atomic mass is 10.2. The lowest BCUT2D eigenvalue weighted by Crippen LogP contribution is -2.49. The van der Waals surface area contributed by atoms with Gasteiger partial charge in [-0.1, -0.05) is 17.7 Å². The molecule has 1 fully saturated rings. The molecule has 0 bridgehead atoms. The molecule has 3 heterocycles. The number of carbonyl (C=O) groups is 2. The molecule has 0 unspecified atom stereocenters. The van der Waals surface area contributed by atoms with Crippen LogP contribution in [0.3, 0.4) is 0 Å². The van der Waals surface area contributed by atoms with Crippen LogP contribution in [0.5, 0.6) is 0 Å². The van der Waals surface area contributed by atoms with E-state index in [0.29, 0.717) is 61.6 Å². The first-order valence-corrected chi connectivity index (χ1v) is 11.5. The molecular formula is C24H26ClN7O2. The van der Waals surface area contributed by atoms with Gasteiger partial charge >= 0.3 is 0 Å². The lowest BCUT2D eigenvalue weighted by Gasteiger charge is -2.35. The summed E-state index contributed by atoms with van der Waals surface area (Å²) in [7, 11) is 0. The maximum atomic E-state index is 12.7. The zero-order valence-electron chi connectivity index (χ0n) is 18.9. The number of hydrogen-bond acceptors (Lipinski definition) is 7. The molecule has 0 saturated carbocycles. The van der Waals surface area contributed by atoms with Gasteiger partial charge in [0.15, 0.2) is 5.82 Å². The van der Waals surface area contributed by atoms with E-state index in [2.05, 4.69) is 25.5 Å². The summed E-state index contributed by atoms with van der Waals surface area (Å²) < 4.78 is 0. The van der Waals surface area contributed by atoms with Crippen LogP contribution in [0.1, 0.15) is 17.4 Å². The minimum absolute atomic E-state index is 0.0647. The molecule has 176 valence electrons. The number of aromatic nitrogens is 3. The third-order valence-electron chi connectivity index (χ3n) is 5.39. The molecule has 1 aromatic carbocycles. The van der Waals surface area contributed by atoms with E-state index in [9.17, 15) is 9.59 Å². The number of hydrogen-bond donors (Lipinski definition) is 2. The zero-order chi connectivity index (χ0) is 23.9. The predicted molar refractivity (Wildman–Crippen MR) is 132 cm³/mol. The Kier molecular flexibility index (Phi) is 7.54. The summed E-state index contributed by atoms with van der Waals surface area (Å²) in [6, 6.07) is 14.6. The number of pyridine rings is 1. The summed E-state index contributed by atoms with van der Waals surface area (Å²) in [5, 5.41) is 6.66. The highest BCUT2D eigenvalue weighted by Gasteiger charge is 2.24. The summed E-state index contributed by atoms with van der Waals surface area (Å²) in [5.74, 6) is 1.86. The van der Waals surface area contributed by atoms with Gasteiger partial charge in [0.2, 0.25) is 5.91 Å². The second kappa shape index (κ2) is 10.9. The van der Waals surface area contributed by atoms with Crippen molar-refractivity contribution in [2.75, 3.05) is 49.5 Å². The number of amides is 2. The van der Waals surface area contributed by atoms with Crippen molar-refractivity contribution in [1.82, 2.24) is 25.2 Å². The van der Waals surface area contributed by atoms with E-state index in [-0.39, 0.29) is 11.8 Å². The van der Waals surface area contributed by atoms with E-state index < -0.39 is 0 Å². The Morgan fingerprint density at radius 3 is 2.44 bits per heavy atom. The van der Waals surface area contributed by atoms with Crippen molar-refractivity contribution >= 4 is 35.1 Å². The molecule has 0 spiro atoms. The number of piperazine rings is 1. The number of nitrogens with zero attached hydrogens (tertiary/aromatic N) is 5. The molecular weight excluding hydrogens is 454 g/mol. The van der Waals surface area contributed by atoms with Crippen LogP contribution in [0.2, 0.25) is 5.02 Å². The van der Waals surface area contributed by atoms with Crippen LogP contribution in [-0.4, -0.2) is 70.9 Å². The molecule has 0 aliphatic carbocycles. The van der Waals surface area contributed by atoms with E-state index in [0.717, 1.165) is 11.4 Å². The van der Waals surface area contributed by atoms with Crippen molar-refractivity contribution in [3.8, 4) is 11.4 Å². The first kappa shape index (κ1) is 23.4. The Morgan fingerprint density at radius 1 is 1.00 bits per heavy atom. The number of halogens is 1. The van der Waals surface area contributed by atoms with Crippen molar-refractivity contribution in [3.05, 3.63) is 65.4 Å². The highest BCUT2D eigenvalue weighted by Crippen LogP contribution is 2.25. The molecule has 34 heavy (non-hydrogen) atoms. The predicted octanol–water partition coefficient (Wildman–Crippen LogP) is 2.70. The summed E-state index contributed by atoms with van der Waals surface area (Å²) in [4.78, 5) is 41.4. The smallest absolute Gasteiger partial charge is 0.272 e. The van der Waals surface area contributed by atoms with E-state index in [4.69, 9.17) is 16.6 Å². The van der Waals surface area contributed by atoms with Crippen LogP contribution in [0.25, 0.3) is 11.4 Å². The van der Waals surface area contributed by atoms with Crippen LogP contribution in [-0.2, 0) is 4.79 Å². The van der Waals surface area contributed by atoms with Gasteiger partial charge in [-0.3, -0.25) is 14.6 Å². The average molecular weight is 480 g/mol. The van der Waals surface area contributed by atoms with Crippen molar-refractivity contribution in [1.29, 1.82) is 0 Å². The molecule has 10 heteroatoms. The third kappa shape index (κ3) is 5.99. The second-order valence-corrected chi connectivity index (χ2v) is 8.28. The minimum atomic E-state index is -0.0786. The Balaban J connectivity index is 1.50. The number of rotatable bonds is 7. The van der Waals surface area contributed by atoms with Gasteiger partial charge in [-0.25, -0.2) is 9.97 Å². The van der Waals surface area contributed by atoms with Gasteiger partial charge < -0.3 is 20.4 Å². The molecule has 0 atom stereocenters. The first-order valence-electron chi connectivity index (χ1n) is 11.1. The van der Waals surface area contributed by atoms with E-state index in [1.54, 1.807) is 30.5 Å². The van der Waals surface area contributed by atoms with Gasteiger partial charge in [0.25, 0.3) is 5.91 Å². The third-order valence-corrected chi connectivity index (χ3v) is 5.65. The molecule has 4 rings (SSSR count). The molecule has 1 aliphatic heterocycles. The lowest BCUT2D eigenvalue weighted by molar-refractivity contribution is -0.118. The summed E-state index contributed by atoms with van der Waals surface area (Å²) in [6.45, 7) is 4.92. The molecule has 9 nitrogen and oxygen atoms in total. The number of carbonyl (C=O) groups excluding carboxylic acids is 2. The summed E-state index contributed by atoms with van der Waals surface area (Å²) in [5.41, 5.74) is 1.30. The number of benzene rings is 1. The SMILES string of the molecule is CC(=O)NCCNc1cc(N2CCN(C(=O)c3ccccn3)CC2)nc(-c2ccc(Cl)cc2)n1. The molecule has 1 saturated heterocycles. The Hall–Kier alpha value is -3.72. The fourth-order valence-electron chi connectivity index (χ4n) is 3.63. The molecule has 3 aromatic rings. The summed E-state index contributed by atoms with van der Waals surface area (Å²) in [6.07, 6.45) is 1.63. The van der Waals surface area contributed by atoms with Gasteiger partial charge in [-0.05, 0) is 36.4 Å². The maximum Gasteiger partial charge on any atom is 0.272 e. The Morgan fingerprint density at radius 2 is 1.76 bits per heavy atom. The Bertz CT molecular complexity index is 1130. The van der Waals surface area contributed by atoms with Gasteiger partial charge in [-0.2, -0.15) is 0 Å². The molecule has 2 aromatic heterocycles. The molecule has 2 N–H and O–H groups in total. The van der Waals surface area contributed by atoms with E-state index in [1.807, 2.05) is 29.2 Å². The molecule has 2 amide bonds. The van der Waals surface area contributed by atoms with Crippen LogP contribution >= 0.6 is 11.6 Å². The normalized spacial score (nSPS) is 13.5. The first-order chi connectivity index (χ1) is 16.5. The number of anilines is 2. The van der Waals surface area contributed by atoms with Crippen LogP contribution in [0.15, 0.2) is 54.7 Å². The fourth-order valence-corrected chi connectivity index (χ4v) is 3.76. The van der Waals surface area contributed by atoms with E-state index >= 15 is 0 Å². The standard InChI is InChI=1S/C24H26ClN7O2/c1-17(33)26-10-11-28-21-16-22(30-23(29-21)18-5-7-19(25)8-6-18)31-12-14-32(15-13-31)24(34)20-4-2-3-9-27-20/h2-9,16H,10-15H2,1H3,(H,26,33)(H,28,29,30).